The van der Waals surface area contributed by atoms with Crippen LogP contribution < -0.4 is 20.1 Å². The fraction of sp³-hybridized carbons (Fsp3) is 0.263. The molecular weight excluding hydrogens is 320 g/mol. The van der Waals surface area contributed by atoms with Gasteiger partial charge in [-0.1, -0.05) is 6.07 Å². The maximum Gasteiger partial charge on any atom is 0.262 e. The maximum absolute atomic E-state index is 12.1. The van der Waals surface area contributed by atoms with Crippen LogP contribution >= 0.6 is 0 Å². The van der Waals surface area contributed by atoms with Gasteiger partial charge in [0.25, 0.3) is 11.8 Å². The predicted molar refractivity (Wildman–Crippen MR) is 93.2 cm³/mol. The van der Waals surface area contributed by atoms with Gasteiger partial charge in [0.05, 0.1) is 5.69 Å². The Kier molecular flexibility index (Phi) is 4.01. The topological polar surface area (TPSA) is 76.7 Å². The Morgan fingerprint density at radius 1 is 1.16 bits per heavy atom. The minimum atomic E-state index is -0.261. The van der Waals surface area contributed by atoms with E-state index >= 15 is 0 Å². The molecule has 0 radical (unpaired) electrons. The summed E-state index contributed by atoms with van der Waals surface area (Å²) in [6, 6.07) is 11.1. The molecule has 6 heteroatoms. The summed E-state index contributed by atoms with van der Waals surface area (Å²) >= 11 is 0. The van der Waals surface area contributed by atoms with Gasteiger partial charge in [-0.05, 0) is 60.7 Å². The van der Waals surface area contributed by atoms with Crippen molar-refractivity contribution in [2.75, 3.05) is 23.8 Å². The molecule has 2 N–H and O–H groups in total. The lowest BCUT2D eigenvalue weighted by molar-refractivity contribution is -0.119. The third-order valence-corrected chi connectivity index (χ3v) is 4.34. The van der Waals surface area contributed by atoms with E-state index in [1.807, 2.05) is 12.1 Å². The summed E-state index contributed by atoms with van der Waals surface area (Å²) < 4.78 is 10.9. The van der Waals surface area contributed by atoms with Crippen molar-refractivity contribution in [1.82, 2.24) is 0 Å². The van der Waals surface area contributed by atoms with Gasteiger partial charge in [0, 0.05) is 5.69 Å². The molecule has 1 aliphatic heterocycles. The summed E-state index contributed by atoms with van der Waals surface area (Å²) in [5.74, 6) is 0.827. The van der Waals surface area contributed by atoms with E-state index in [4.69, 9.17) is 9.47 Å². The van der Waals surface area contributed by atoms with E-state index in [9.17, 15) is 9.59 Å². The number of aryl methyl sites for hydroxylation is 2. The fourth-order valence-corrected chi connectivity index (χ4v) is 3.14. The molecule has 2 amide bonds. The van der Waals surface area contributed by atoms with E-state index in [1.165, 1.54) is 17.5 Å². The Morgan fingerprint density at radius 2 is 2.04 bits per heavy atom. The number of carbonyl (C=O) groups is 2. The second-order valence-corrected chi connectivity index (χ2v) is 6.17. The molecule has 0 unspecified atom stereocenters. The van der Waals surface area contributed by atoms with Crippen molar-refractivity contribution in [1.29, 1.82) is 0 Å². The Labute approximate surface area is 145 Å². The van der Waals surface area contributed by atoms with Crippen LogP contribution in [0.2, 0.25) is 0 Å². The molecule has 1 aliphatic carbocycles. The molecule has 2 aliphatic rings. The minimum Gasteiger partial charge on any atom is -0.484 e. The second-order valence-electron chi connectivity index (χ2n) is 6.17. The molecule has 2 aromatic carbocycles. The maximum atomic E-state index is 12.1. The zero-order valence-electron chi connectivity index (χ0n) is 13.6. The highest BCUT2D eigenvalue weighted by Gasteiger charge is 2.17. The second kappa shape index (κ2) is 6.47. The van der Waals surface area contributed by atoms with Crippen molar-refractivity contribution in [2.45, 2.75) is 19.3 Å². The molecule has 128 valence electrons. The molecular formula is C19H18N2O4. The molecule has 1 heterocycles. The molecule has 4 rings (SSSR count). The first kappa shape index (κ1) is 15.5. The lowest BCUT2D eigenvalue weighted by Gasteiger charge is -2.18. The minimum absolute atomic E-state index is 0.00727. The van der Waals surface area contributed by atoms with Gasteiger partial charge in [0.2, 0.25) is 0 Å². The van der Waals surface area contributed by atoms with E-state index in [2.05, 4.69) is 16.7 Å². The number of fused-ring (bicyclic) bond motifs is 2. The van der Waals surface area contributed by atoms with Crippen molar-refractivity contribution >= 4 is 23.2 Å². The third-order valence-electron chi connectivity index (χ3n) is 4.34. The summed E-state index contributed by atoms with van der Waals surface area (Å²) in [5, 5.41) is 5.47. The van der Waals surface area contributed by atoms with Crippen LogP contribution in [-0.2, 0) is 22.4 Å². The van der Waals surface area contributed by atoms with Crippen LogP contribution in [0.25, 0.3) is 0 Å². The summed E-state index contributed by atoms with van der Waals surface area (Å²) in [5.41, 5.74) is 3.80. The van der Waals surface area contributed by atoms with Crippen LogP contribution in [0.15, 0.2) is 36.4 Å². The van der Waals surface area contributed by atoms with Gasteiger partial charge in [0.1, 0.15) is 11.5 Å². The summed E-state index contributed by atoms with van der Waals surface area (Å²) in [4.78, 5) is 23.5. The van der Waals surface area contributed by atoms with Gasteiger partial charge < -0.3 is 20.1 Å². The average Bonchev–Trinajstić information content (AvgIpc) is 3.07. The summed E-state index contributed by atoms with van der Waals surface area (Å²) in [6.45, 7) is -0.0634. The highest BCUT2D eigenvalue weighted by molar-refractivity contribution is 5.97. The van der Waals surface area contributed by atoms with Crippen LogP contribution in [0.5, 0.6) is 11.5 Å². The Bertz CT molecular complexity index is 847. The molecule has 0 fully saturated rings. The molecule has 0 saturated heterocycles. The predicted octanol–water partition coefficient (Wildman–Crippen LogP) is 2.52. The third kappa shape index (κ3) is 3.42. The van der Waals surface area contributed by atoms with Crippen LogP contribution in [0, 0.1) is 0 Å². The molecule has 25 heavy (non-hydrogen) atoms. The lowest BCUT2D eigenvalue weighted by Crippen LogP contribution is -2.25. The monoisotopic (exact) mass is 338 g/mol. The van der Waals surface area contributed by atoms with Crippen LogP contribution in [0.1, 0.15) is 17.5 Å². The Morgan fingerprint density at radius 3 is 2.96 bits per heavy atom. The van der Waals surface area contributed by atoms with Gasteiger partial charge in [-0.25, -0.2) is 0 Å². The number of anilines is 2. The number of hydrogen-bond acceptors (Lipinski definition) is 4. The van der Waals surface area contributed by atoms with Crippen LogP contribution in [0.4, 0.5) is 11.4 Å². The van der Waals surface area contributed by atoms with Crippen molar-refractivity contribution < 1.29 is 19.1 Å². The van der Waals surface area contributed by atoms with E-state index in [0.717, 1.165) is 12.8 Å². The summed E-state index contributed by atoms with van der Waals surface area (Å²) in [6.07, 6.45) is 3.37. The number of nitrogens with one attached hydrogen (secondary N) is 2. The van der Waals surface area contributed by atoms with Gasteiger partial charge in [-0.2, -0.15) is 0 Å². The Balaban J connectivity index is 1.36. The van der Waals surface area contributed by atoms with Gasteiger partial charge in [0.15, 0.2) is 13.2 Å². The van der Waals surface area contributed by atoms with E-state index in [1.54, 1.807) is 18.2 Å². The van der Waals surface area contributed by atoms with Gasteiger partial charge in [-0.3, -0.25) is 9.59 Å². The molecule has 6 nitrogen and oxygen atoms in total. The van der Waals surface area contributed by atoms with Crippen molar-refractivity contribution in [3.8, 4) is 11.5 Å². The standard InChI is InChI=1S/C19H18N2O4/c22-18(10-24-15-6-4-12-2-1-3-13(12)8-15)20-14-5-7-17-16(9-14)21-19(23)11-25-17/h4-9H,1-3,10-11H2,(H,20,22)(H,21,23). The lowest BCUT2D eigenvalue weighted by atomic mass is 10.1. The molecule has 0 spiro atoms. The van der Waals surface area contributed by atoms with E-state index in [0.29, 0.717) is 22.9 Å². The first-order valence-electron chi connectivity index (χ1n) is 8.28. The van der Waals surface area contributed by atoms with E-state index < -0.39 is 0 Å². The normalized spacial score (nSPS) is 14.8. The number of hydrogen-bond donors (Lipinski definition) is 2. The Hall–Kier alpha value is -3.02. The zero-order chi connectivity index (χ0) is 17.2. The van der Waals surface area contributed by atoms with Gasteiger partial charge >= 0.3 is 0 Å². The quantitative estimate of drug-likeness (QED) is 0.898. The van der Waals surface area contributed by atoms with Crippen LogP contribution in [0.3, 0.4) is 0 Å². The van der Waals surface area contributed by atoms with Crippen molar-refractivity contribution in [3.63, 3.8) is 0 Å². The van der Waals surface area contributed by atoms with E-state index in [-0.39, 0.29) is 25.0 Å². The summed E-state index contributed by atoms with van der Waals surface area (Å²) in [7, 11) is 0. The smallest absolute Gasteiger partial charge is 0.262 e. The molecule has 0 bridgehead atoms. The average molecular weight is 338 g/mol. The highest BCUT2D eigenvalue weighted by atomic mass is 16.5. The molecule has 0 saturated carbocycles. The number of amides is 2. The molecule has 0 atom stereocenters. The number of ether oxygens (including phenoxy) is 2. The first-order valence-corrected chi connectivity index (χ1v) is 8.28. The number of benzene rings is 2. The van der Waals surface area contributed by atoms with Crippen LogP contribution in [-0.4, -0.2) is 25.0 Å². The SMILES string of the molecule is O=C(COc1ccc2c(c1)CCC2)Nc1ccc2c(c1)NC(=O)CO2. The van der Waals surface area contributed by atoms with Crippen molar-refractivity contribution in [3.05, 3.63) is 47.5 Å². The highest BCUT2D eigenvalue weighted by Crippen LogP contribution is 2.30. The fourth-order valence-electron chi connectivity index (χ4n) is 3.14. The molecule has 2 aromatic rings. The molecule has 0 aromatic heterocycles. The zero-order valence-corrected chi connectivity index (χ0v) is 13.6. The van der Waals surface area contributed by atoms with Crippen molar-refractivity contribution in [2.24, 2.45) is 0 Å². The number of rotatable bonds is 4. The largest absolute Gasteiger partial charge is 0.484 e. The number of carbonyl (C=O) groups excluding carboxylic acids is 2. The first-order chi connectivity index (χ1) is 12.2. The van der Waals surface area contributed by atoms with Gasteiger partial charge in [-0.15, -0.1) is 0 Å².